The van der Waals surface area contributed by atoms with Gasteiger partial charge in [0.15, 0.2) is 0 Å². The van der Waals surface area contributed by atoms with E-state index in [4.69, 9.17) is 10.5 Å². The number of aromatic amines is 1. The number of amides is 1. The average molecular weight is 327 g/mol. The summed E-state index contributed by atoms with van der Waals surface area (Å²) in [6.07, 6.45) is 0. The van der Waals surface area contributed by atoms with Crippen LogP contribution in [-0.4, -0.2) is 47.7 Å². The van der Waals surface area contributed by atoms with Crippen LogP contribution in [0.3, 0.4) is 0 Å². The summed E-state index contributed by atoms with van der Waals surface area (Å²) < 4.78 is 5.24. The van der Waals surface area contributed by atoms with Crippen LogP contribution in [0.1, 0.15) is 22.1 Å². The molecule has 0 bridgehead atoms. The summed E-state index contributed by atoms with van der Waals surface area (Å²) in [5.41, 5.74) is 7.22. The Hall–Kier alpha value is -2.54. The molecule has 2 aliphatic heterocycles. The van der Waals surface area contributed by atoms with Crippen LogP contribution in [0, 0.1) is 11.8 Å². The van der Waals surface area contributed by atoms with E-state index < -0.39 is 0 Å². The Morgan fingerprint density at radius 1 is 1.33 bits per heavy atom. The predicted molar refractivity (Wildman–Crippen MR) is 89.6 cm³/mol. The van der Waals surface area contributed by atoms with Crippen molar-refractivity contribution >= 4 is 11.7 Å². The second kappa shape index (κ2) is 5.83. The number of hydrogen-bond acceptors (Lipinski definition) is 5. The van der Waals surface area contributed by atoms with E-state index in [0.29, 0.717) is 23.3 Å². The summed E-state index contributed by atoms with van der Waals surface area (Å²) >= 11 is 0. The van der Waals surface area contributed by atoms with Crippen LogP contribution >= 0.6 is 0 Å². The van der Waals surface area contributed by atoms with Crippen molar-refractivity contribution < 1.29 is 9.53 Å². The summed E-state index contributed by atoms with van der Waals surface area (Å²) in [5, 5.41) is 10.1. The number of nitrogen functional groups attached to an aromatic ring is 1. The summed E-state index contributed by atoms with van der Waals surface area (Å²) in [6.45, 7) is 2.62. The molecule has 7 heteroatoms. The second-order valence-electron chi connectivity index (χ2n) is 6.46. The van der Waals surface area contributed by atoms with Crippen LogP contribution in [0.4, 0.5) is 5.82 Å². The molecule has 7 nitrogen and oxygen atoms in total. The van der Waals surface area contributed by atoms with Gasteiger partial charge in [-0.1, -0.05) is 12.1 Å². The molecule has 4 N–H and O–H groups in total. The molecule has 3 heterocycles. The van der Waals surface area contributed by atoms with E-state index in [1.807, 2.05) is 29.2 Å². The molecule has 0 spiro atoms. The highest BCUT2D eigenvalue weighted by Crippen LogP contribution is 2.43. The number of benzene rings is 1. The number of aromatic nitrogens is 2. The molecule has 0 saturated carbocycles. The number of carbonyl (C=O) groups excluding carboxylic acids is 1. The molecule has 2 aliphatic rings. The number of rotatable bonds is 3. The molecule has 1 aromatic heterocycles. The number of nitrogens with one attached hydrogen (secondary N) is 2. The molecule has 2 aromatic rings. The van der Waals surface area contributed by atoms with Gasteiger partial charge in [-0.15, -0.1) is 0 Å². The lowest BCUT2D eigenvalue weighted by molar-refractivity contribution is 0.0708. The predicted octanol–water partition coefficient (Wildman–Crippen LogP) is 1.03. The molecule has 2 fully saturated rings. The first-order valence-electron chi connectivity index (χ1n) is 8.14. The standard InChI is InChI=1S/C17H21N5O2/c1-24-12-4-2-10(3-5-12)16-13-8-19-7-11(13)9-22(16)17(23)14-6-15(18)21-20-14/h2-6,11,13,16,19H,7-9H2,1H3,(H3,18,20,21)/t11-,13-,16+/m0/s1. The Balaban J connectivity index is 1.67. The van der Waals surface area contributed by atoms with Crippen molar-refractivity contribution in [1.82, 2.24) is 20.4 Å². The van der Waals surface area contributed by atoms with E-state index in [1.54, 1.807) is 13.2 Å². The van der Waals surface area contributed by atoms with Gasteiger partial charge in [0.2, 0.25) is 0 Å². The molecule has 1 aromatic carbocycles. The number of carbonyl (C=O) groups is 1. The summed E-state index contributed by atoms with van der Waals surface area (Å²) in [7, 11) is 1.65. The third kappa shape index (κ3) is 2.41. The van der Waals surface area contributed by atoms with Gasteiger partial charge in [-0.3, -0.25) is 9.89 Å². The molecular weight excluding hydrogens is 306 g/mol. The molecular formula is C17H21N5O2. The smallest absolute Gasteiger partial charge is 0.272 e. The number of likely N-dealkylation sites (tertiary alicyclic amines) is 1. The molecule has 1 amide bonds. The van der Waals surface area contributed by atoms with E-state index in [0.717, 1.165) is 30.9 Å². The van der Waals surface area contributed by atoms with Crippen molar-refractivity contribution in [3.05, 3.63) is 41.6 Å². The second-order valence-corrected chi connectivity index (χ2v) is 6.46. The van der Waals surface area contributed by atoms with Gasteiger partial charge < -0.3 is 20.7 Å². The fraction of sp³-hybridized carbons (Fsp3) is 0.412. The Bertz CT molecular complexity index is 742. The van der Waals surface area contributed by atoms with E-state index in [1.165, 1.54) is 0 Å². The van der Waals surface area contributed by atoms with E-state index in [-0.39, 0.29) is 11.9 Å². The van der Waals surface area contributed by atoms with Gasteiger partial charge in [0, 0.05) is 31.6 Å². The molecule has 126 valence electrons. The molecule has 0 radical (unpaired) electrons. The minimum Gasteiger partial charge on any atom is -0.497 e. The summed E-state index contributed by atoms with van der Waals surface area (Å²) in [5.74, 6) is 2.00. The Morgan fingerprint density at radius 2 is 2.12 bits per heavy atom. The third-order valence-corrected chi connectivity index (χ3v) is 5.11. The largest absolute Gasteiger partial charge is 0.497 e. The van der Waals surface area contributed by atoms with Crippen molar-refractivity contribution in [1.29, 1.82) is 0 Å². The van der Waals surface area contributed by atoms with Crippen LogP contribution in [0.5, 0.6) is 5.75 Å². The molecule has 24 heavy (non-hydrogen) atoms. The van der Waals surface area contributed by atoms with Crippen LogP contribution in [-0.2, 0) is 0 Å². The first-order chi connectivity index (χ1) is 11.7. The van der Waals surface area contributed by atoms with Crippen LogP contribution < -0.4 is 15.8 Å². The number of H-pyrrole nitrogens is 1. The lowest BCUT2D eigenvalue weighted by Crippen LogP contribution is -2.34. The topological polar surface area (TPSA) is 96.3 Å². The van der Waals surface area contributed by atoms with Gasteiger partial charge in [-0.25, -0.2) is 0 Å². The molecule has 4 rings (SSSR count). The zero-order valence-corrected chi connectivity index (χ0v) is 13.5. The van der Waals surface area contributed by atoms with Gasteiger partial charge in [-0.2, -0.15) is 5.10 Å². The van der Waals surface area contributed by atoms with Crippen LogP contribution in [0.15, 0.2) is 30.3 Å². The summed E-state index contributed by atoms with van der Waals surface area (Å²) in [4.78, 5) is 14.9. The van der Waals surface area contributed by atoms with Gasteiger partial charge >= 0.3 is 0 Å². The minimum absolute atomic E-state index is 0.0468. The number of anilines is 1. The summed E-state index contributed by atoms with van der Waals surface area (Å²) in [6, 6.07) is 9.63. The van der Waals surface area contributed by atoms with Crippen LogP contribution in [0.2, 0.25) is 0 Å². The average Bonchev–Trinajstić information content (AvgIpc) is 3.29. The lowest BCUT2D eigenvalue weighted by atomic mass is 9.89. The Kier molecular flexibility index (Phi) is 3.65. The molecule has 0 unspecified atom stereocenters. The highest BCUT2D eigenvalue weighted by molar-refractivity contribution is 5.93. The SMILES string of the molecule is COc1ccc([C@@H]2[C@H]3CNC[C@H]3CN2C(=O)c2cc(N)n[nH]2)cc1. The van der Waals surface area contributed by atoms with E-state index >= 15 is 0 Å². The van der Waals surface area contributed by atoms with E-state index in [2.05, 4.69) is 15.5 Å². The first kappa shape index (κ1) is 15.0. The van der Waals surface area contributed by atoms with E-state index in [9.17, 15) is 4.79 Å². The van der Waals surface area contributed by atoms with Crippen molar-refractivity contribution in [2.45, 2.75) is 6.04 Å². The third-order valence-electron chi connectivity index (χ3n) is 5.11. The minimum atomic E-state index is -0.0468. The van der Waals surface area contributed by atoms with Crippen molar-refractivity contribution in [3.63, 3.8) is 0 Å². The van der Waals surface area contributed by atoms with Gasteiger partial charge in [0.1, 0.15) is 17.3 Å². The lowest BCUT2D eigenvalue weighted by Gasteiger charge is -2.28. The number of fused-ring (bicyclic) bond motifs is 1. The quantitative estimate of drug-likeness (QED) is 0.782. The van der Waals surface area contributed by atoms with Gasteiger partial charge in [-0.05, 0) is 23.6 Å². The normalized spacial score (nSPS) is 25.7. The van der Waals surface area contributed by atoms with Crippen molar-refractivity contribution in [2.24, 2.45) is 11.8 Å². The van der Waals surface area contributed by atoms with Gasteiger partial charge in [0.05, 0.1) is 13.2 Å². The van der Waals surface area contributed by atoms with Crippen LogP contribution in [0.25, 0.3) is 0 Å². The zero-order chi connectivity index (χ0) is 16.7. The van der Waals surface area contributed by atoms with Gasteiger partial charge in [0.25, 0.3) is 5.91 Å². The monoisotopic (exact) mass is 327 g/mol. The fourth-order valence-electron chi connectivity index (χ4n) is 3.96. The highest BCUT2D eigenvalue weighted by Gasteiger charge is 2.47. The first-order valence-corrected chi connectivity index (χ1v) is 8.14. The van der Waals surface area contributed by atoms with Crippen molar-refractivity contribution in [3.8, 4) is 5.75 Å². The number of ether oxygens (including phenoxy) is 1. The maximum atomic E-state index is 13.0. The molecule has 0 aliphatic carbocycles. The molecule has 2 saturated heterocycles. The maximum absolute atomic E-state index is 13.0. The fourth-order valence-corrected chi connectivity index (χ4v) is 3.96. The number of hydrogen-bond donors (Lipinski definition) is 3. The maximum Gasteiger partial charge on any atom is 0.272 e. The number of nitrogens with two attached hydrogens (primary N) is 1. The highest BCUT2D eigenvalue weighted by atomic mass is 16.5. The Labute approximate surface area is 140 Å². The van der Waals surface area contributed by atoms with Crippen molar-refractivity contribution in [2.75, 3.05) is 32.5 Å². The zero-order valence-electron chi connectivity index (χ0n) is 13.5. The Morgan fingerprint density at radius 3 is 2.79 bits per heavy atom. The number of methoxy groups -OCH3 is 1. The number of nitrogens with zero attached hydrogens (tertiary/aromatic N) is 2. The molecule has 3 atom stereocenters.